The smallest absolute Gasteiger partial charge is 0.270 e. The summed E-state index contributed by atoms with van der Waals surface area (Å²) < 4.78 is 5.33. The Morgan fingerprint density at radius 3 is 2.77 bits per heavy atom. The van der Waals surface area contributed by atoms with E-state index in [1.54, 1.807) is 13.2 Å². The van der Waals surface area contributed by atoms with Gasteiger partial charge in [-0.05, 0) is 30.9 Å². The van der Waals surface area contributed by atoms with Crippen LogP contribution >= 0.6 is 0 Å². The van der Waals surface area contributed by atoms with Crippen LogP contribution in [0.2, 0.25) is 0 Å². The maximum atomic E-state index is 12.6. The van der Waals surface area contributed by atoms with Crippen LogP contribution < -0.4 is 10.1 Å². The lowest BCUT2D eigenvalue weighted by molar-refractivity contribution is 0.0932. The van der Waals surface area contributed by atoms with Gasteiger partial charge in [-0.25, -0.2) is 9.97 Å². The van der Waals surface area contributed by atoms with Crippen LogP contribution in [0.4, 0.5) is 0 Å². The number of hydrogen-bond acceptors (Lipinski definition) is 5. The number of hydrogen-bond donors (Lipinski definition) is 2. The van der Waals surface area contributed by atoms with Crippen molar-refractivity contribution in [3.8, 4) is 5.88 Å². The molecule has 0 saturated heterocycles. The van der Waals surface area contributed by atoms with E-state index in [4.69, 9.17) is 4.74 Å². The number of amides is 1. The minimum absolute atomic E-state index is 0.273. The Morgan fingerprint density at radius 1 is 1.27 bits per heavy atom. The summed E-state index contributed by atoms with van der Waals surface area (Å²) >= 11 is 0. The molecule has 2 aromatic heterocycles. The van der Waals surface area contributed by atoms with Gasteiger partial charge < -0.3 is 10.1 Å². The summed E-state index contributed by atoms with van der Waals surface area (Å²) in [6.45, 7) is 6.02. The van der Waals surface area contributed by atoms with Gasteiger partial charge >= 0.3 is 0 Å². The number of ether oxygens (including phenoxy) is 1. The average molecular weight is 353 g/mol. The largest absolute Gasteiger partial charge is 0.481 e. The molecule has 0 unspecified atom stereocenters. The van der Waals surface area contributed by atoms with Crippen molar-refractivity contribution in [2.75, 3.05) is 7.11 Å². The topological polar surface area (TPSA) is 92.8 Å². The Morgan fingerprint density at radius 2 is 2.04 bits per heavy atom. The molecular formula is C19H23N5O2. The van der Waals surface area contributed by atoms with Crippen molar-refractivity contribution >= 4 is 16.7 Å². The Hall–Kier alpha value is -2.96. The quantitative estimate of drug-likeness (QED) is 0.709. The molecule has 0 saturated carbocycles. The van der Waals surface area contributed by atoms with Crippen LogP contribution in [-0.2, 0) is 0 Å². The molecule has 0 aliphatic heterocycles. The molecule has 136 valence electrons. The number of carbonyl (C=O) groups is 1. The van der Waals surface area contributed by atoms with Crippen LogP contribution in [0.25, 0.3) is 10.8 Å². The van der Waals surface area contributed by atoms with E-state index in [-0.39, 0.29) is 17.9 Å². The van der Waals surface area contributed by atoms with Crippen LogP contribution in [0.1, 0.15) is 61.3 Å². The average Bonchev–Trinajstić information content (AvgIpc) is 3.16. The van der Waals surface area contributed by atoms with Crippen molar-refractivity contribution < 1.29 is 9.53 Å². The van der Waals surface area contributed by atoms with Crippen LogP contribution in [0.15, 0.2) is 30.3 Å². The van der Waals surface area contributed by atoms with E-state index in [0.717, 1.165) is 23.0 Å². The molecular weight excluding hydrogens is 330 g/mol. The first-order valence-electron chi connectivity index (χ1n) is 8.70. The number of aromatic amines is 1. The molecule has 7 heteroatoms. The molecule has 3 rings (SSSR count). The summed E-state index contributed by atoms with van der Waals surface area (Å²) in [7, 11) is 1.55. The number of pyridine rings is 1. The van der Waals surface area contributed by atoms with E-state index in [0.29, 0.717) is 17.4 Å². The molecule has 0 spiro atoms. The van der Waals surface area contributed by atoms with Crippen molar-refractivity contribution in [2.45, 2.75) is 39.2 Å². The fraction of sp³-hybridized carbons (Fsp3) is 0.368. The molecule has 26 heavy (non-hydrogen) atoms. The van der Waals surface area contributed by atoms with Gasteiger partial charge in [0.15, 0.2) is 5.82 Å². The SMILES string of the molecule is CC[C@H](C)c1n[nH]c([C@@H](C)NC(=O)c2cc3ccccc3c(OC)n2)n1. The highest BCUT2D eigenvalue weighted by atomic mass is 16.5. The van der Waals surface area contributed by atoms with Gasteiger partial charge in [0.2, 0.25) is 5.88 Å². The molecule has 3 aromatic rings. The third-order valence-corrected chi connectivity index (χ3v) is 4.46. The summed E-state index contributed by atoms with van der Waals surface area (Å²) in [5, 5.41) is 11.8. The second kappa shape index (κ2) is 7.51. The Kier molecular flexibility index (Phi) is 5.16. The van der Waals surface area contributed by atoms with Crippen LogP contribution in [0, 0.1) is 0 Å². The normalized spacial score (nSPS) is 13.4. The molecule has 2 heterocycles. The van der Waals surface area contributed by atoms with Crippen molar-refractivity contribution in [1.82, 2.24) is 25.5 Å². The van der Waals surface area contributed by atoms with E-state index >= 15 is 0 Å². The van der Waals surface area contributed by atoms with Gasteiger partial charge in [0.25, 0.3) is 5.91 Å². The number of rotatable bonds is 6. The Balaban J connectivity index is 1.81. The van der Waals surface area contributed by atoms with Gasteiger partial charge in [-0.15, -0.1) is 0 Å². The summed E-state index contributed by atoms with van der Waals surface area (Å²) in [6.07, 6.45) is 0.957. The monoisotopic (exact) mass is 353 g/mol. The first-order chi connectivity index (χ1) is 12.5. The number of H-pyrrole nitrogens is 1. The minimum Gasteiger partial charge on any atom is -0.481 e. The number of fused-ring (bicyclic) bond motifs is 1. The lowest BCUT2D eigenvalue weighted by atomic mass is 10.1. The summed E-state index contributed by atoms with van der Waals surface area (Å²) in [5.41, 5.74) is 0.300. The molecule has 0 aliphatic carbocycles. The minimum atomic E-state index is -0.313. The lowest BCUT2D eigenvalue weighted by Crippen LogP contribution is -2.28. The second-order valence-corrected chi connectivity index (χ2v) is 6.32. The number of nitrogens with one attached hydrogen (secondary N) is 2. The van der Waals surface area contributed by atoms with Gasteiger partial charge in [0.1, 0.15) is 11.5 Å². The summed E-state index contributed by atoms with van der Waals surface area (Å²) in [6, 6.07) is 9.10. The predicted molar refractivity (Wildman–Crippen MR) is 99.3 cm³/mol. The molecule has 1 aromatic carbocycles. The van der Waals surface area contributed by atoms with Gasteiger partial charge in [0.05, 0.1) is 13.2 Å². The second-order valence-electron chi connectivity index (χ2n) is 6.32. The molecule has 2 atom stereocenters. The van der Waals surface area contributed by atoms with Crippen molar-refractivity contribution in [3.63, 3.8) is 0 Å². The predicted octanol–water partition coefficient (Wildman–Crippen LogP) is 3.37. The standard InChI is InChI=1S/C19H23N5O2/c1-5-11(2)16-22-17(24-23-16)12(3)20-18(25)15-10-13-8-6-7-9-14(13)19(21-15)26-4/h6-12H,5H2,1-4H3,(H,20,25)(H,22,23,24)/t11-,12+/m0/s1. The molecule has 0 fully saturated rings. The maximum Gasteiger partial charge on any atom is 0.270 e. The number of methoxy groups -OCH3 is 1. The first-order valence-corrected chi connectivity index (χ1v) is 8.70. The Bertz CT molecular complexity index is 921. The van der Waals surface area contributed by atoms with Crippen LogP contribution in [0.5, 0.6) is 5.88 Å². The molecule has 7 nitrogen and oxygen atoms in total. The number of aromatic nitrogens is 4. The summed E-state index contributed by atoms with van der Waals surface area (Å²) in [5.74, 6) is 1.80. The molecule has 0 aliphatic rings. The highest BCUT2D eigenvalue weighted by Crippen LogP contribution is 2.24. The third kappa shape index (κ3) is 3.51. The number of carbonyl (C=O) groups excluding carboxylic acids is 1. The first kappa shape index (κ1) is 17.8. The molecule has 0 radical (unpaired) electrons. The Labute approximate surface area is 152 Å². The van der Waals surface area contributed by atoms with Crippen molar-refractivity contribution in [1.29, 1.82) is 0 Å². The highest BCUT2D eigenvalue weighted by Gasteiger charge is 2.19. The van der Waals surface area contributed by atoms with E-state index in [9.17, 15) is 4.79 Å². The fourth-order valence-corrected chi connectivity index (χ4v) is 2.66. The van der Waals surface area contributed by atoms with Gasteiger partial charge in [-0.3, -0.25) is 9.89 Å². The zero-order chi connectivity index (χ0) is 18.7. The number of benzene rings is 1. The molecule has 1 amide bonds. The van der Waals surface area contributed by atoms with Crippen LogP contribution in [0.3, 0.4) is 0 Å². The van der Waals surface area contributed by atoms with E-state index < -0.39 is 0 Å². The lowest BCUT2D eigenvalue weighted by Gasteiger charge is -2.12. The van der Waals surface area contributed by atoms with E-state index in [2.05, 4.69) is 39.3 Å². The van der Waals surface area contributed by atoms with E-state index in [1.165, 1.54) is 0 Å². The zero-order valence-electron chi connectivity index (χ0n) is 15.4. The van der Waals surface area contributed by atoms with Crippen LogP contribution in [-0.4, -0.2) is 33.2 Å². The highest BCUT2D eigenvalue weighted by molar-refractivity contribution is 5.98. The fourth-order valence-electron chi connectivity index (χ4n) is 2.66. The molecule has 2 N–H and O–H groups in total. The van der Waals surface area contributed by atoms with Gasteiger partial charge in [-0.2, -0.15) is 5.10 Å². The number of nitrogens with zero attached hydrogens (tertiary/aromatic N) is 3. The zero-order valence-corrected chi connectivity index (χ0v) is 15.4. The van der Waals surface area contributed by atoms with Crippen molar-refractivity contribution in [2.24, 2.45) is 0 Å². The summed E-state index contributed by atoms with van der Waals surface area (Å²) in [4.78, 5) is 21.5. The third-order valence-electron chi connectivity index (χ3n) is 4.46. The maximum absolute atomic E-state index is 12.6. The van der Waals surface area contributed by atoms with Gasteiger partial charge in [0, 0.05) is 11.3 Å². The van der Waals surface area contributed by atoms with Crippen molar-refractivity contribution in [3.05, 3.63) is 47.7 Å². The van der Waals surface area contributed by atoms with Gasteiger partial charge in [-0.1, -0.05) is 32.0 Å². The van der Waals surface area contributed by atoms with E-state index in [1.807, 2.05) is 31.2 Å². The molecule has 0 bridgehead atoms.